The highest BCUT2D eigenvalue weighted by molar-refractivity contribution is 7.07. The van der Waals surface area contributed by atoms with Crippen LogP contribution in [0.15, 0.2) is 29.1 Å². The second-order valence-electron chi connectivity index (χ2n) is 4.18. The summed E-state index contributed by atoms with van der Waals surface area (Å²) < 4.78 is 19.3. The Labute approximate surface area is 109 Å². The fourth-order valence-corrected chi connectivity index (χ4v) is 2.22. The second kappa shape index (κ2) is 5.93. The highest BCUT2D eigenvalue weighted by Gasteiger charge is 2.11. The zero-order valence-electron chi connectivity index (χ0n) is 10.1. The number of para-hydroxylation sites is 1. The van der Waals surface area contributed by atoms with Gasteiger partial charge in [-0.2, -0.15) is 0 Å². The Balaban J connectivity index is 2.14. The zero-order valence-corrected chi connectivity index (χ0v) is 10.9. The Morgan fingerprint density at radius 1 is 1.50 bits per heavy atom. The third kappa shape index (κ3) is 3.27. The summed E-state index contributed by atoms with van der Waals surface area (Å²) in [6.07, 6.45) is 0.587. The Hall–Kier alpha value is -1.46. The summed E-state index contributed by atoms with van der Waals surface area (Å²) in [6, 6.07) is 4.86. The van der Waals surface area contributed by atoms with Crippen LogP contribution in [0.1, 0.15) is 18.2 Å². The molecule has 0 saturated heterocycles. The molecule has 1 heterocycles. The van der Waals surface area contributed by atoms with Crippen molar-refractivity contribution in [2.45, 2.75) is 26.0 Å². The van der Waals surface area contributed by atoms with Crippen molar-refractivity contribution in [2.75, 3.05) is 0 Å². The molecule has 0 aliphatic carbocycles. The second-order valence-corrected chi connectivity index (χ2v) is 4.90. The molecule has 0 amide bonds. The number of nitrogens with two attached hydrogens (primary N) is 1. The minimum atomic E-state index is -0.358. The first-order chi connectivity index (χ1) is 8.66. The molecule has 0 radical (unpaired) electrons. The van der Waals surface area contributed by atoms with Crippen LogP contribution in [0.4, 0.5) is 4.39 Å². The van der Waals surface area contributed by atoms with E-state index in [0.717, 1.165) is 11.3 Å². The molecule has 1 aromatic heterocycles. The van der Waals surface area contributed by atoms with Gasteiger partial charge in [0.2, 0.25) is 0 Å². The van der Waals surface area contributed by atoms with Crippen LogP contribution in [0, 0.1) is 5.82 Å². The number of aromatic nitrogens is 1. The van der Waals surface area contributed by atoms with E-state index in [1.54, 1.807) is 11.6 Å². The van der Waals surface area contributed by atoms with E-state index in [4.69, 9.17) is 10.5 Å². The number of hydrogen-bond donors (Lipinski definition) is 1. The summed E-state index contributed by atoms with van der Waals surface area (Å²) in [6.45, 7) is 2.16. The van der Waals surface area contributed by atoms with Gasteiger partial charge in [0.15, 0.2) is 11.6 Å². The maximum Gasteiger partial charge on any atom is 0.165 e. The van der Waals surface area contributed by atoms with E-state index in [1.807, 2.05) is 18.4 Å². The molecule has 0 bridgehead atoms. The molecule has 2 rings (SSSR count). The molecule has 96 valence electrons. The first-order valence-electron chi connectivity index (χ1n) is 5.69. The molecule has 1 unspecified atom stereocenters. The number of ether oxygens (including phenoxy) is 1. The Morgan fingerprint density at radius 3 is 3.00 bits per heavy atom. The van der Waals surface area contributed by atoms with Gasteiger partial charge in [0.05, 0.1) is 11.2 Å². The topological polar surface area (TPSA) is 48.1 Å². The van der Waals surface area contributed by atoms with E-state index in [9.17, 15) is 4.39 Å². The van der Waals surface area contributed by atoms with Gasteiger partial charge in [-0.05, 0) is 25.0 Å². The molecule has 18 heavy (non-hydrogen) atoms. The number of rotatable bonds is 5. The molecular weight excluding hydrogens is 251 g/mol. The number of benzene rings is 1. The lowest BCUT2D eigenvalue weighted by molar-refractivity contribution is 0.283. The maximum absolute atomic E-state index is 13.7. The maximum atomic E-state index is 13.7. The van der Waals surface area contributed by atoms with Gasteiger partial charge in [0.25, 0.3) is 0 Å². The van der Waals surface area contributed by atoms with Crippen LogP contribution in [0.25, 0.3) is 0 Å². The Morgan fingerprint density at radius 2 is 2.33 bits per heavy atom. The van der Waals surface area contributed by atoms with E-state index in [1.165, 1.54) is 17.4 Å². The molecule has 3 nitrogen and oxygen atoms in total. The minimum absolute atomic E-state index is 0.0339. The van der Waals surface area contributed by atoms with Gasteiger partial charge in [-0.1, -0.05) is 12.1 Å². The summed E-state index contributed by atoms with van der Waals surface area (Å²) in [7, 11) is 0. The van der Waals surface area contributed by atoms with Gasteiger partial charge in [0.1, 0.15) is 6.61 Å². The van der Waals surface area contributed by atoms with Gasteiger partial charge >= 0.3 is 0 Å². The lowest BCUT2D eigenvalue weighted by atomic mass is 10.1. The van der Waals surface area contributed by atoms with Crippen molar-refractivity contribution in [3.8, 4) is 5.75 Å². The van der Waals surface area contributed by atoms with Crippen LogP contribution in [0.5, 0.6) is 5.75 Å². The van der Waals surface area contributed by atoms with Gasteiger partial charge < -0.3 is 10.5 Å². The van der Waals surface area contributed by atoms with E-state index >= 15 is 0 Å². The Kier molecular flexibility index (Phi) is 4.28. The van der Waals surface area contributed by atoms with Crippen molar-refractivity contribution in [2.24, 2.45) is 5.73 Å². The smallest absolute Gasteiger partial charge is 0.165 e. The predicted molar refractivity (Wildman–Crippen MR) is 70.2 cm³/mol. The van der Waals surface area contributed by atoms with Gasteiger partial charge in [0, 0.05) is 11.4 Å². The van der Waals surface area contributed by atoms with Crippen molar-refractivity contribution < 1.29 is 9.13 Å². The molecular formula is C13H15FN2OS. The largest absolute Gasteiger partial charge is 0.484 e. The highest BCUT2D eigenvalue weighted by atomic mass is 32.1. The summed E-state index contributed by atoms with van der Waals surface area (Å²) >= 11 is 1.49. The number of nitrogens with zero attached hydrogens (tertiary/aromatic N) is 1. The fourth-order valence-electron chi connectivity index (χ4n) is 1.68. The van der Waals surface area contributed by atoms with Crippen molar-refractivity contribution in [1.82, 2.24) is 4.98 Å². The average molecular weight is 266 g/mol. The van der Waals surface area contributed by atoms with E-state index in [-0.39, 0.29) is 24.2 Å². The van der Waals surface area contributed by atoms with Crippen LogP contribution in [-0.2, 0) is 13.0 Å². The van der Waals surface area contributed by atoms with Crippen LogP contribution in [0.3, 0.4) is 0 Å². The molecule has 2 N–H and O–H groups in total. The van der Waals surface area contributed by atoms with Crippen molar-refractivity contribution in [1.29, 1.82) is 0 Å². The van der Waals surface area contributed by atoms with Gasteiger partial charge in [-0.25, -0.2) is 9.37 Å². The monoisotopic (exact) mass is 266 g/mol. The first kappa shape index (κ1) is 13.0. The average Bonchev–Trinajstić information content (AvgIpc) is 2.80. The molecule has 5 heteroatoms. The van der Waals surface area contributed by atoms with E-state index < -0.39 is 0 Å². The normalized spacial score (nSPS) is 12.4. The predicted octanol–water partition coefficient (Wildman–Crippen LogP) is 2.75. The molecule has 2 aromatic rings. The van der Waals surface area contributed by atoms with E-state index in [2.05, 4.69) is 4.98 Å². The molecule has 0 aliphatic heterocycles. The molecule has 0 fully saturated rings. The molecule has 1 aromatic carbocycles. The lowest BCUT2D eigenvalue weighted by Crippen LogP contribution is -2.18. The van der Waals surface area contributed by atoms with Crippen LogP contribution in [0.2, 0.25) is 0 Å². The molecule has 1 atom stereocenters. The molecule has 0 aliphatic rings. The van der Waals surface area contributed by atoms with Crippen molar-refractivity contribution in [3.05, 3.63) is 46.2 Å². The zero-order chi connectivity index (χ0) is 13.0. The standard InChI is InChI=1S/C13H15FN2OS/c1-9(15)5-10-3-2-4-12(14)13(10)17-6-11-7-18-8-16-11/h2-4,7-9H,5-6,15H2,1H3. The number of thiazole rings is 1. The van der Waals surface area contributed by atoms with Crippen LogP contribution >= 0.6 is 11.3 Å². The Bertz CT molecular complexity index is 500. The third-order valence-electron chi connectivity index (χ3n) is 2.44. The minimum Gasteiger partial charge on any atom is -0.484 e. The summed E-state index contributed by atoms with van der Waals surface area (Å²) in [4.78, 5) is 4.10. The summed E-state index contributed by atoms with van der Waals surface area (Å²) in [5.74, 6) is -0.0776. The third-order valence-corrected chi connectivity index (χ3v) is 3.07. The molecule has 0 spiro atoms. The van der Waals surface area contributed by atoms with Gasteiger partial charge in [-0.3, -0.25) is 0 Å². The highest BCUT2D eigenvalue weighted by Crippen LogP contribution is 2.24. The summed E-state index contributed by atoms with van der Waals surface area (Å²) in [5, 5.41) is 1.88. The van der Waals surface area contributed by atoms with Crippen molar-refractivity contribution in [3.63, 3.8) is 0 Å². The fraction of sp³-hybridized carbons (Fsp3) is 0.308. The SMILES string of the molecule is CC(N)Cc1cccc(F)c1OCc1cscn1. The number of halogens is 1. The summed E-state index contributed by atoms with van der Waals surface area (Å²) in [5.41, 5.74) is 9.06. The van der Waals surface area contributed by atoms with Crippen molar-refractivity contribution >= 4 is 11.3 Å². The number of hydrogen-bond acceptors (Lipinski definition) is 4. The van der Waals surface area contributed by atoms with Crippen LogP contribution in [-0.4, -0.2) is 11.0 Å². The first-order valence-corrected chi connectivity index (χ1v) is 6.64. The van der Waals surface area contributed by atoms with E-state index in [0.29, 0.717) is 6.42 Å². The lowest BCUT2D eigenvalue weighted by Gasteiger charge is -2.13. The van der Waals surface area contributed by atoms with Gasteiger partial charge in [-0.15, -0.1) is 11.3 Å². The van der Waals surface area contributed by atoms with Crippen LogP contribution < -0.4 is 10.5 Å². The molecule has 0 saturated carbocycles. The quantitative estimate of drug-likeness (QED) is 0.905.